The van der Waals surface area contributed by atoms with Crippen molar-refractivity contribution in [2.24, 2.45) is 0 Å². The molecule has 4 nitrogen and oxygen atoms in total. The number of hydrogen-bond donors (Lipinski definition) is 0. The van der Waals surface area contributed by atoms with Crippen LogP contribution in [0.4, 0.5) is 0 Å². The van der Waals surface area contributed by atoms with E-state index in [0.717, 1.165) is 24.3 Å². The number of thiophene rings is 1. The average Bonchev–Trinajstić information content (AvgIpc) is 3.14. The number of carbonyl (C=O) groups excluding carboxylic acids is 1. The molecule has 1 aliphatic heterocycles. The second kappa shape index (κ2) is 8.50. The number of piperidine rings is 1. The third kappa shape index (κ3) is 4.61. The van der Waals surface area contributed by atoms with Gasteiger partial charge in [-0.3, -0.25) is 9.69 Å². The lowest BCUT2D eigenvalue weighted by Crippen LogP contribution is -2.51. The molecule has 0 radical (unpaired) electrons. The quantitative estimate of drug-likeness (QED) is 0.788. The number of carbonyl (C=O) groups is 1. The highest BCUT2D eigenvalue weighted by Crippen LogP contribution is 2.23. The van der Waals surface area contributed by atoms with Crippen LogP contribution in [-0.2, 0) is 17.8 Å². The molecule has 1 aromatic carbocycles. The summed E-state index contributed by atoms with van der Waals surface area (Å²) in [6.45, 7) is 1.75. The van der Waals surface area contributed by atoms with Gasteiger partial charge in [-0.1, -0.05) is 18.2 Å². The molecule has 0 aliphatic carbocycles. The van der Waals surface area contributed by atoms with Gasteiger partial charge in [-0.25, -0.2) is 0 Å². The maximum Gasteiger partial charge on any atom is 0.228 e. The van der Waals surface area contributed by atoms with Gasteiger partial charge in [0.1, 0.15) is 5.75 Å². The number of benzene rings is 1. The Morgan fingerprint density at radius 3 is 2.72 bits per heavy atom. The molecule has 0 bridgehead atoms. The highest BCUT2D eigenvalue weighted by Gasteiger charge is 2.29. The first-order valence-electron chi connectivity index (χ1n) is 8.82. The number of ether oxygens (including phenoxy) is 1. The van der Waals surface area contributed by atoms with Crippen molar-refractivity contribution >= 4 is 17.2 Å². The summed E-state index contributed by atoms with van der Waals surface area (Å²) < 4.78 is 5.20. The predicted molar refractivity (Wildman–Crippen MR) is 102 cm³/mol. The Labute approximate surface area is 154 Å². The van der Waals surface area contributed by atoms with E-state index in [4.69, 9.17) is 4.74 Å². The zero-order valence-corrected chi connectivity index (χ0v) is 15.8. The topological polar surface area (TPSA) is 32.8 Å². The van der Waals surface area contributed by atoms with Crippen molar-refractivity contribution in [1.82, 2.24) is 9.80 Å². The molecular weight excluding hydrogens is 332 g/mol. The van der Waals surface area contributed by atoms with Crippen LogP contribution in [0.25, 0.3) is 0 Å². The van der Waals surface area contributed by atoms with Crippen LogP contribution in [0.15, 0.2) is 41.8 Å². The van der Waals surface area contributed by atoms with Gasteiger partial charge in [0.05, 0.1) is 26.2 Å². The molecule has 1 aromatic heterocycles. The first kappa shape index (κ1) is 18.0. The van der Waals surface area contributed by atoms with E-state index in [-0.39, 0.29) is 12.1 Å². The lowest BCUT2D eigenvalue weighted by Gasteiger charge is -2.40. The summed E-state index contributed by atoms with van der Waals surface area (Å²) in [5.41, 5.74) is 1.03. The van der Waals surface area contributed by atoms with Crippen LogP contribution in [-0.4, -0.2) is 42.6 Å². The van der Waals surface area contributed by atoms with Crippen LogP contribution in [0.3, 0.4) is 0 Å². The van der Waals surface area contributed by atoms with Gasteiger partial charge < -0.3 is 9.64 Å². The fourth-order valence-electron chi connectivity index (χ4n) is 3.40. The van der Waals surface area contributed by atoms with E-state index in [1.165, 1.54) is 17.7 Å². The maximum atomic E-state index is 13.1. The van der Waals surface area contributed by atoms with E-state index in [0.29, 0.717) is 13.0 Å². The number of nitrogens with zero attached hydrogens (tertiary/aromatic N) is 2. The molecule has 1 fully saturated rings. The van der Waals surface area contributed by atoms with Gasteiger partial charge >= 0.3 is 0 Å². The lowest BCUT2D eigenvalue weighted by molar-refractivity contribution is -0.138. The highest BCUT2D eigenvalue weighted by molar-refractivity contribution is 7.09. The minimum atomic E-state index is 0.192. The molecule has 3 rings (SSSR count). The third-order valence-corrected chi connectivity index (χ3v) is 5.69. The van der Waals surface area contributed by atoms with Gasteiger partial charge in [-0.15, -0.1) is 11.3 Å². The Hall–Kier alpha value is -1.85. The van der Waals surface area contributed by atoms with Gasteiger partial charge in [0.25, 0.3) is 0 Å². The summed E-state index contributed by atoms with van der Waals surface area (Å²) >= 11 is 1.72. The molecule has 0 N–H and O–H groups in total. The predicted octanol–water partition coefficient (Wildman–Crippen LogP) is 3.77. The van der Waals surface area contributed by atoms with Gasteiger partial charge in [0, 0.05) is 4.88 Å². The molecule has 134 valence electrons. The molecule has 25 heavy (non-hydrogen) atoms. The van der Waals surface area contributed by atoms with Crippen molar-refractivity contribution < 1.29 is 9.53 Å². The fraction of sp³-hybridized carbons (Fsp3) is 0.450. The van der Waals surface area contributed by atoms with Crippen LogP contribution < -0.4 is 4.74 Å². The maximum absolute atomic E-state index is 13.1. The SMILES string of the molecule is COc1ccc(CC(=O)N(Cc2cccs2)C2CCCCN2C)cc1. The Morgan fingerprint density at radius 1 is 1.28 bits per heavy atom. The van der Waals surface area contributed by atoms with E-state index in [1.807, 2.05) is 24.3 Å². The van der Waals surface area contributed by atoms with Crippen LogP contribution >= 0.6 is 11.3 Å². The van der Waals surface area contributed by atoms with Gasteiger partial charge in [0.15, 0.2) is 0 Å². The zero-order valence-electron chi connectivity index (χ0n) is 15.0. The van der Waals surface area contributed by atoms with Crippen LogP contribution in [0.2, 0.25) is 0 Å². The molecule has 1 unspecified atom stereocenters. The van der Waals surface area contributed by atoms with Crippen molar-refractivity contribution in [2.45, 2.75) is 38.4 Å². The Morgan fingerprint density at radius 2 is 2.08 bits per heavy atom. The van der Waals surface area contributed by atoms with Crippen molar-refractivity contribution in [3.05, 3.63) is 52.2 Å². The summed E-state index contributed by atoms with van der Waals surface area (Å²) in [6, 6.07) is 11.9. The van der Waals surface area contributed by atoms with Crippen molar-refractivity contribution in [3.63, 3.8) is 0 Å². The summed E-state index contributed by atoms with van der Waals surface area (Å²) in [5.74, 6) is 1.01. The first-order valence-corrected chi connectivity index (χ1v) is 9.70. The molecule has 2 aromatic rings. The molecular formula is C20H26N2O2S. The molecule has 5 heteroatoms. The molecule has 1 aliphatic rings. The summed E-state index contributed by atoms with van der Waals surface area (Å²) in [7, 11) is 3.79. The third-order valence-electron chi connectivity index (χ3n) is 4.83. The Balaban J connectivity index is 1.75. The molecule has 0 saturated carbocycles. The van der Waals surface area contributed by atoms with Crippen LogP contribution in [0, 0.1) is 0 Å². The number of methoxy groups -OCH3 is 1. The first-order chi connectivity index (χ1) is 12.2. The average molecular weight is 359 g/mol. The second-order valence-corrected chi connectivity index (χ2v) is 7.62. The second-order valence-electron chi connectivity index (χ2n) is 6.58. The minimum absolute atomic E-state index is 0.192. The van der Waals surface area contributed by atoms with Crippen molar-refractivity contribution in [2.75, 3.05) is 20.7 Å². The van der Waals surface area contributed by atoms with Crippen molar-refractivity contribution in [1.29, 1.82) is 0 Å². The monoisotopic (exact) mass is 358 g/mol. The van der Waals surface area contributed by atoms with Crippen LogP contribution in [0.5, 0.6) is 5.75 Å². The molecule has 1 amide bonds. The van der Waals surface area contributed by atoms with Gasteiger partial charge in [-0.05, 0) is 62.0 Å². The molecule has 2 heterocycles. The number of amides is 1. The number of hydrogen-bond acceptors (Lipinski definition) is 4. The molecule has 1 atom stereocenters. The Kier molecular flexibility index (Phi) is 6.10. The van der Waals surface area contributed by atoms with E-state index in [9.17, 15) is 4.79 Å². The van der Waals surface area contributed by atoms with E-state index in [1.54, 1.807) is 18.4 Å². The van der Waals surface area contributed by atoms with Crippen molar-refractivity contribution in [3.8, 4) is 5.75 Å². The highest BCUT2D eigenvalue weighted by atomic mass is 32.1. The van der Waals surface area contributed by atoms with Gasteiger partial charge in [0.2, 0.25) is 5.91 Å². The molecule has 1 saturated heterocycles. The zero-order chi connectivity index (χ0) is 17.6. The minimum Gasteiger partial charge on any atom is -0.497 e. The molecule has 0 spiro atoms. The summed E-state index contributed by atoms with van der Waals surface area (Å²) in [5, 5.41) is 2.08. The Bertz CT molecular complexity index is 670. The van der Waals surface area contributed by atoms with E-state index in [2.05, 4.69) is 34.4 Å². The smallest absolute Gasteiger partial charge is 0.228 e. The normalized spacial score (nSPS) is 18.1. The number of rotatable bonds is 6. The van der Waals surface area contributed by atoms with E-state index >= 15 is 0 Å². The van der Waals surface area contributed by atoms with E-state index < -0.39 is 0 Å². The lowest BCUT2D eigenvalue weighted by atomic mass is 10.1. The summed E-state index contributed by atoms with van der Waals surface area (Å²) in [4.78, 5) is 18.7. The van der Waals surface area contributed by atoms with Crippen LogP contribution in [0.1, 0.15) is 29.7 Å². The summed E-state index contributed by atoms with van der Waals surface area (Å²) in [6.07, 6.45) is 4.08. The largest absolute Gasteiger partial charge is 0.497 e. The fourth-order valence-corrected chi connectivity index (χ4v) is 4.10. The number of likely N-dealkylation sites (tertiary alicyclic amines) is 1. The van der Waals surface area contributed by atoms with Gasteiger partial charge in [-0.2, -0.15) is 0 Å². The standard InChI is InChI=1S/C20H26N2O2S/c1-21-12-4-3-7-19(21)22(15-18-6-5-13-25-18)20(23)14-16-8-10-17(24-2)11-9-16/h5-6,8-11,13,19H,3-4,7,12,14-15H2,1-2H3.